The number of Topliss-reactive ketones (excluding diaryl/α,β-unsaturated/α-hetero) is 1. The highest BCUT2D eigenvalue weighted by atomic mass is 19.4. The number of benzene rings is 1. The maximum Gasteiger partial charge on any atom is 0.416 e. The summed E-state index contributed by atoms with van der Waals surface area (Å²) >= 11 is 0. The Morgan fingerprint density at radius 3 is 2.77 bits per heavy atom. The lowest BCUT2D eigenvalue weighted by Crippen LogP contribution is -2.31. The Morgan fingerprint density at radius 1 is 1.19 bits per heavy atom. The first-order valence-electron chi connectivity index (χ1n) is 9.72. The van der Waals surface area contributed by atoms with Gasteiger partial charge in [0.25, 0.3) is 0 Å². The van der Waals surface area contributed by atoms with Crippen LogP contribution in [0.5, 0.6) is 0 Å². The Morgan fingerprint density at radius 2 is 2.00 bits per heavy atom. The summed E-state index contributed by atoms with van der Waals surface area (Å²) in [6.07, 6.45) is -2.21. The Labute approximate surface area is 177 Å². The minimum Gasteiger partial charge on any atom is -0.368 e. The van der Waals surface area contributed by atoms with Crippen LogP contribution in [0.3, 0.4) is 0 Å². The molecule has 0 saturated heterocycles. The van der Waals surface area contributed by atoms with Gasteiger partial charge in [0.15, 0.2) is 5.78 Å². The van der Waals surface area contributed by atoms with E-state index in [0.29, 0.717) is 30.8 Å². The SMILES string of the molecule is Cc1cc(N2CCc3nc(N)ncc3C2)cc(C(=O)Cc2cccc(C(F)(F)F)c2)n1. The number of anilines is 2. The minimum absolute atomic E-state index is 0.157. The van der Waals surface area contributed by atoms with Gasteiger partial charge in [0.1, 0.15) is 5.69 Å². The van der Waals surface area contributed by atoms with Crippen molar-refractivity contribution < 1.29 is 18.0 Å². The summed E-state index contributed by atoms with van der Waals surface area (Å²) in [5.41, 5.74) is 8.76. The van der Waals surface area contributed by atoms with Crippen LogP contribution in [-0.4, -0.2) is 27.3 Å². The van der Waals surface area contributed by atoms with Crippen molar-refractivity contribution in [1.82, 2.24) is 15.0 Å². The summed E-state index contributed by atoms with van der Waals surface area (Å²) in [6, 6.07) is 8.37. The van der Waals surface area contributed by atoms with Gasteiger partial charge in [-0.3, -0.25) is 4.79 Å². The number of aryl methyl sites for hydroxylation is 1. The maximum absolute atomic E-state index is 12.9. The molecule has 1 aromatic carbocycles. The zero-order chi connectivity index (χ0) is 22.2. The maximum atomic E-state index is 12.9. The zero-order valence-electron chi connectivity index (χ0n) is 16.8. The molecule has 31 heavy (non-hydrogen) atoms. The zero-order valence-corrected chi connectivity index (χ0v) is 16.8. The molecule has 3 aromatic rings. The summed E-state index contributed by atoms with van der Waals surface area (Å²) in [5.74, 6) is -0.0905. The molecule has 6 nitrogen and oxygen atoms in total. The molecule has 1 aliphatic heterocycles. The molecule has 160 valence electrons. The number of nitrogens with two attached hydrogens (primary N) is 1. The lowest BCUT2D eigenvalue weighted by Gasteiger charge is -2.30. The molecule has 1 aliphatic rings. The van der Waals surface area contributed by atoms with Crippen LogP contribution >= 0.6 is 0 Å². The first-order valence-corrected chi connectivity index (χ1v) is 9.72. The van der Waals surface area contributed by atoms with E-state index in [0.717, 1.165) is 29.1 Å². The van der Waals surface area contributed by atoms with E-state index in [2.05, 4.69) is 19.9 Å². The molecule has 0 amide bonds. The van der Waals surface area contributed by atoms with Crippen LogP contribution in [0.1, 0.15) is 38.6 Å². The standard InChI is InChI=1S/C22H20F3N5O/c1-13-7-17(30-6-5-18-15(12-30)11-27-21(26)29-18)10-19(28-13)20(31)9-14-3-2-4-16(8-14)22(23,24)25/h2-4,7-8,10-11H,5-6,9,12H2,1H3,(H2,26,27,29). The first-order chi connectivity index (χ1) is 14.7. The normalized spacial score (nSPS) is 13.7. The molecule has 0 aliphatic carbocycles. The van der Waals surface area contributed by atoms with Gasteiger partial charge in [-0.25, -0.2) is 15.0 Å². The van der Waals surface area contributed by atoms with E-state index in [4.69, 9.17) is 5.73 Å². The van der Waals surface area contributed by atoms with E-state index in [1.54, 1.807) is 19.2 Å². The fourth-order valence-electron chi connectivity index (χ4n) is 3.66. The number of rotatable bonds is 4. The Kier molecular flexibility index (Phi) is 5.34. The van der Waals surface area contributed by atoms with E-state index in [1.807, 2.05) is 6.07 Å². The number of nitrogen functional groups attached to an aromatic ring is 1. The van der Waals surface area contributed by atoms with Gasteiger partial charge < -0.3 is 10.6 Å². The monoisotopic (exact) mass is 427 g/mol. The van der Waals surface area contributed by atoms with Gasteiger partial charge in [-0.2, -0.15) is 13.2 Å². The third kappa shape index (κ3) is 4.65. The molecule has 2 aromatic heterocycles. The van der Waals surface area contributed by atoms with Crippen LogP contribution in [0, 0.1) is 6.92 Å². The third-order valence-corrected chi connectivity index (χ3v) is 5.16. The second-order valence-electron chi connectivity index (χ2n) is 7.52. The predicted octanol–water partition coefficient (Wildman–Crippen LogP) is 3.77. The predicted molar refractivity (Wildman–Crippen MR) is 110 cm³/mol. The molecule has 3 heterocycles. The number of carbonyl (C=O) groups excluding carboxylic acids is 1. The number of fused-ring (bicyclic) bond motifs is 1. The topological polar surface area (TPSA) is 85.0 Å². The molecule has 4 rings (SSSR count). The first kappa shape index (κ1) is 20.8. The number of pyridine rings is 1. The van der Waals surface area contributed by atoms with Crippen LogP contribution in [0.4, 0.5) is 24.8 Å². The van der Waals surface area contributed by atoms with Gasteiger partial charge >= 0.3 is 6.18 Å². The van der Waals surface area contributed by atoms with E-state index in [1.165, 1.54) is 12.1 Å². The number of nitrogens with zero attached hydrogens (tertiary/aromatic N) is 4. The summed E-state index contributed by atoms with van der Waals surface area (Å²) in [4.78, 5) is 27.5. The molecule has 0 bridgehead atoms. The van der Waals surface area contributed by atoms with Gasteiger partial charge in [0.2, 0.25) is 5.95 Å². The van der Waals surface area contributed by atoms with Gasteiger partial charge in [0.05, 0.1) is 11.3 Å². The van der Waals surface area contributed by atoms with Crippen molar-refractivity contribution in [3.05, 3.63) is 76.4 Å². The Hall–Kier alpha value is -3.49. The average Bonchev–Trinajstić information content (AvgIpc) is 2.72. The molecular weight excluding hydrogens is 407 g/mol. The third-order valence-electron chi connectivity index (χ3n) is 5.16. The lowest BCUT2D eigenvalue weighted by atomic mass is 10.0. The van der Waals surface area contributed by atoms with Gasteiger partial charge in [-0.05, 0) is 30.7 Å². The lowest BCUT2D eigenvalue weighted by molar-refractivity contribution is -0.137. The molecule has 2 N–H and O–H groups in total. The van der Waals surface area contributed by atoms with Gasteiger partial charge in [0, 0.05) is 49.1 Å². The van der Waals surface area contributed by atoms with Crippen molar-refractivity contribution in [2.75, 3.05) is 17.2 Å². The van der Waals surface area contributed by atoms with Gasteiger partial charge in [-0.1, -0.05) is 18.2 Å². The van der Waals surface area contributed by atoms with Crippen molar-refractivity contribution in [3.8, 4) is 0 Å². The van der Waals surface area contributed by atoms with Crippen molar-refractivity contribution in [2.24, 2.45) is 0 Å². The number of ketones is 1. The van der Waals surface area contributed by atoms with Crippen LogP contribution < -0.4 is 10.6 Å². The van der Waals surface area contributed by atoms with Crippen LogP contribution in [0.25, 0.3) is 0 Å². The summed E-state index contributed by atoms with van der Waals surface area (Å²) in [6.45, 7) is 3.04. The van der Waals surface area contributed by atoms with Crippen molar-refractivity contribution in [1.29, 1.82) is 0 Å². The van der Waals surface area contributed by atoms with Crippen LogP contribution in [0.15, 0.2) is 42.6 Å². The summed E-state index contributed by atoms with van der Waals surface area (Å²) in [7, 11) is 0. The molecule has 0 unspecified atom stereocenters. The second kappa shape index (κ2) is 7.98. The quantitative estimate of drug-likeness (QED) is 0.638. The fourth-order valence-corrected chi connectivity index (χ4v) is 3.66. The minimum atomic E-state index is -4.45. The fraction of sp³-hybridized carbons (Fsp3) is 0.273. The highest BCUT2D eigenvalue weighted by Crippen LogP contribution is 2.30. The molecular formula is C22H20F3N5O. The molecule has 0 spiro atoms. The number of hydrogen-bond acceptors (Lipinski definition) is 6. The van der Waals surface area contributed by atoms with Crippen LogP contribution in [-0.2, 0) is 25.6 Å². The van der Waals surface area contributed by atoms with Crippen molar-refractivity contribution in [2.45, 2.75) is 32.5 Å². The average molecular weight is 427 g/mol. The molecule has 0 radical (unpaired) electrons. The van der Waals surface area contributed by atoms with E-state index in [9.17, 15) is 18.0 Å². The van der Waals surface area contributed by atoms with Gasteiger partial charge in [-0.15, -0.1) is 0 Å². The summed E-state index contributed by atoms with van der Waals surface area (Å²) in [5, 5.41) is 0. The molecule has 0 fully saturated rings. The second-order valence-corrected chi connectivity index (χ2v) is 7.52. The van der Waals surface area contributed by atoms with E-state index >= 15 is 0 Å². The van der Waals surface area contributed by atoms with Crippen LogP contribution in [0.2, 0.25) is 0 Å². The largest absolute Gasteiger partial charge is 0.416 e. The smallest absolute Gasteiger partial charge is 0.368 e. The highest BCUT2D eigenvalue weighted by Gasteiger charge is 2.30. The molecule has 0 saturated carbocycles. The van der Waals surface area contributed by atoms with Crippen molar-refractivity contribution in [3.63, 3.8) is 0 Å². The number of carbonyl (C=O) groups is 1. The highest BCUT2D eigenvalue weighted by molar-refractivity contribution is 5.96. The van der Waals surface area contributed by atoms with E-state index in [-0.39, 0.29) is 23.8 Å². The Bertz CT molecular complexity index is 1150. The van der Waals surface area contributed by atoms with E-state index < -0.39 is 11.7 Å². The summed E-state index contributed by atoms with van der Waals surface area (Å²) < 4.78 is 38.8. The van der Waals surface area contributed by atoms with Crippen molar-refractivity contribution >= 4 is 17.4 Å². The number of aromatic nitrogens is 3. The number of hydrogen-bond donors (Lipinski definition) is 1. The number of alkyl halides is 3. The molecule has 0 atom stereocenters. The number of halogens is 3. The Balaban J connectivity index is 1.56. The molecule has 9 heteroatoms.